The molecule has 1 N–H and O–H groups in total. The molecule has 2 fully saturated rings. The van der Waals surface area contributed by atoms with E-state index in [0.29, 0.717) is 19.6 Å². The Morgan fingerprint density at radius 2 is 2.07 bits per heavy atom. The highest BCUT2D eigenvalue weighted by Crippen LogP contribution is 2.58. The van der Waals surface area contributed by atoms with Crippen molar-refractivity contribution in [2.75, 3.05) is 25.1 Å². The van der Waals surface area contributed by atoms with Crippen molar-refractivity contribution in [1.29, 1.82) is 0 Å². The molecule has 148 valence electrons. The van der Waals surface area contributed by atoms with E-state index in [1.165, 1.54) is 0 Å². The van der Waals surface area contributed by atoms with Crippen LogP contribution in [-0.4, -0.2) is 60.1 Å². The largest absolute Gasteiger partial charge is 0.385 e. The number of ether oxygens (including phenoxy) is 1. The predicted molar refractivity (Wildman–Crippen MR) is 104 cm³/mol. The summed E-state index contributed by atoms with van der Waals surface area (Å²) >= 11 is 0. The number of amides is 1. The van der Waals surface area contributed by atoms with Crippen molar-refractivity contribution in [3.8, 4) is 0 Å². The third-order valence-electron chi connectivity index (χ3n) is 7.30. The molecule has 0 aromatic heterocycles. The molecule has 1 saturated heterocycles. The van der Waals surface area contributed by atoms with Crippen LogP contribution in [-0.2, 0) is 19.7 Å². The van der Waals surface area contributed by atoms with Gasteiger partial charge in [-0.2, -0.15) is 0 Å². The first-order valence-corrected chi connectivity index (χ1v) is 10.0. The van der Waals surface area contributed by atoms with Crippen molar-refractivity contribution < 1.29 is 19.4 Å². The number of anilines is 1. The molecule has 4 aliphatic rings. The lowest BCUT2D eigenvalue weighted by atomic mass is 9.55. The minimum absolute atomic E-state index is 0.0704. The lowest BCUT2D eigenvalue weighted by Gasteiger charge is -2.53. The lowest BCUT2D eigenvalue weighted by molar-refractivity contribution is -0.150. The van der Waals surface area contributed by atoms with Crippen molar-refractivity contribution >= 4 is 17.4 Å². The van der Waals surface area contributed by atoms with Gasteiger partial charge in [0, 0.05) is 44.2 Å². The molecule has 1 spiro atoms. The van der Waals surface area contributed by atoms with E-state index in [2.05, 4.69) is 4.90 Å². The first kappa shape index (κ1) is 17.9. The number of para-hydroxylation sites is 1. The van der Waals surface area contributed by atoms with Crippen LogP contribution in [0.15, 0.2) is 36.0 Å². The number of hydrogen-bond acceptors (Lipinski definition) is 5. The molecule has 1 aromatic carbocycles. The van der Waals surface area contributed by atoms with E-state index in [1.807, 2.05) is 44.4 Å². The zero-order valence-electron chi connectivity index (χ0n) is 16.5. The summed E-state index contributed by atoms with van der Waals surface area (Å²) in [5.74, 6) is -0.673. The molecule has 6 heteroatoms. The van der Waals surface area contributed by atoms with Crippen LogP contribution in [0.2, 0.25) is 0 Å². The number of carbonyl (C=O) groups excluding carboxylic acids is 2. The topological polar surface area (TPSA) is 70.1 Å². The maximum absolute atomic E-state index is 13.8. The van der Waals surface area contributed by atoms with Crippen molar-refractivity contribution in [3.63, 3.8) is 0 Å². The summed E-state index contributed by atoms with van der Waals surface area (Å²) in [6.07, 6.45) is 1.37. The van der Waals surface area contributed by atoms with Gasteiger partial charge in [0.2, 0.25) is 5.91 Å². The van der Waals surface area contributed by atoms with Gasteiger partial charge in [-0.15, -0.1) is 0 Å². The first-order chi connectivity index (χ1) is 13.4. The standard InChI is InChI=1S/C22H26N2O4/c1-12-14-10-23(3)9-8-22-16-6-4-5-7-17(16)24(13(2)25)20(22)15(11-28-12)18(14)19(26)21(22)27/h4-7,10,12,15,18-20,26H,8-9,11H2,1-3H3. The van der Waals surface area contributed by atoms with Crippen molar-refractivity contribution in [2.24, 2.45) is 11.8 Å². The molecule has 1 saturated carbocycles. The van der Waals surface area contributed by atoms with Crippen LogP contribution in [0.5, 0.6) is 0 Å². The average molecular weight is 382 g/mol. The number of rotatable bonds is 0. The van der Waals surface area contributed by atoms with Crippen molar-refractivity contribution in [1.82, 2.24) is 4.90 Å². The first-order valence-electron chi connectivity index (χ1n) is 10.0. The number of carbonyl (C=O) groups is 2. The van der Waals surface area contributed by atoms with Crippen LogP contribution in [0.3, 0.4) is 0 Å². The number of nitrogens with zero attached hydrogens (tertiary/aromatic N) is 2. The normalized spacial score (nSPS) is 38.9. The third-order valence-corrected chi connectivity index (χ3v) is 7.30. The van der Waals surface area contributed by atoms with E-state index in [9.17, 15) is 14.7 Å². The highest BCUT2D eigenvalue weighted by molar-refractivity contribution is 6.06. The zero-order valence-corrected chi connectivity index (χ0v) is 16.5. The van der Waals surface area contributed by atoms with Gasteiger partial charge in [0.1, 0.15) is 6.10 Å². The quantitative estimate of drug-likeness (QED) is 0.736. The van der Waals surface area contributed by atoms with Crippen molar-refractivity contribution in [3.05, 3.63) is 41.6 Å². The predicted octanol–water partition coefficient (Wildman–Crippen LogP) is 1.47. The molecular weight excluding hydrogens is 356 g/mol. The average Bonchev–Trinajstić information content (AvgIpc) is 3.00. The summed E-state index contributed by atoms with van der Waals surface area (Å²) in [6, 6.07) is 7.37. The zero-order chi connectivity index (χ0) is 19.8. The summed E-state index contributed by atoms with van der Waals surface area (Å²) in [4.78, 5) is 30.5. The third kappa shape index (κ3) is 2.05. The van der Waals surface area contributed by atoms with Gasteiger partial charge in [0.25, 0.3) is 0 Å². The number of fused-ring (bicyclic) bond motifs is 3. The molecule has 28 heavy (non-hydrogen) atoms. The van der Waals surface area contributed by atoms with Crippen LogP contribution in [0.25, 0.3) is 0 Å². The fraction of sp³-hybridized carbons (Fsp3) is 0.545. The van der Waals surface area contributed by atoms with Crippen LogP contribution in [0, 0.1) is 11.8 Å². The van der Waals surface area contributed by atoms with Crippen LogP contribution >= 0.6 is 0 Å². The number of Topliss-reactive ketones (excluding diaryl/α,β-unsaturated/α-hetero) is 1. The maximum Gasteiger partial charge on any atom is 0.224 e. The highest BCUT2D eigenvalue weighted by Gasteiger charge is 2.67. The van der Waals surface area contributed by atoms with Crippen LogP contribution in [0.4, 0.5) is 5.69 Å². The van der Waals surface area contributed by atoms with Crippen molar-refractivity contribution in [2.45, 2.75) is 43.9 Å². The molecule has 6 nitrogen and oxygen atoms in total. The van der Waals surface area contributed by atoms with E-state index >= 15 is 0 Å². The molecule has 1 aromatic rings. The summed E-state index contributed by atoms with van der Waals surface area (Å²) in [5.41, 5.74) is 1.72. The second-order valence-electron chi connectivity index (χ2n) is 8.66. The Labute approximate surface area is 164 Å². The minimum Gasteiger partial charge on any atom is -0.385 e. The molecular formula is C22H26N2O4. The molecule has 1 aliphatic carbocycles. The second kappa shape index (κ2) is 5.91. The fourth-order valence-corrected chi connectivity index (χ4v) is 6.16. The summed E-state index contributed by atoms with van der Waals surface area (Å²) in [6.45, 7) is 4.64. The van der Waals surface area contributed by atoms with E-state index in [1.54, 1.807) is 11.8 Å². The van der Waals surface area contributed by atoms with E-state index in [0.717, 1.165) is 16.8 Å². The molecule has 0 radical (unpaired) electrons. The van der Waals surface area contributed by atoms with E-state index in [4.69, 9.17) is 4.74 Å². The number of ketones is 1. The smallest absolute Gasteiger partial charge is 0.224 e. The summed E-state index contributed by atoms with van der Waals surface area (Å²) in [7, 11) is 2.00. The molecule has 3 heterocycles. The van der Waals surface area contributed by atoms with E-state index in [-0.39, 0.29) is 35.7 Å². The molecule has 3 aliphatic heterocycles. The molecule has 1 amide bonds. The minimum atomic E-state index is -1.08. The number of hydrogen-bond donors (Lipinski definition) is 1. The Morgan fingerprint density at radius 3 is 2.82 bits per heavy atom. The molecule has 6 atom stereocenters. The Hall–Kier alpha value is -2.18. The molecule has 6 unspecified atom stereocenters. The second-order valence-corrected chi connectivity index (χ2v) is 8.66. The highest BCUT2D eigenvalue weighted by atomic mass is 16.5. The number of aliphatic hydroxyl groups is 1. The van der Waals surface area contributed by atoms with Gasteiger partial charge in [-0.3, -0.25) is 9.59 Å². The van der Waals surface area contributed by atoms with Gasteiger partial charge in [-0.05, 0) is 30.5 Å². The van der Waals surface area contributed by atoms with Crippen LogP contribution in [0.1, 0.15) is 25.8 Å². The SMILES string of the molecule is CC(=O)N1c2ccccc2C23CCN(C)C=C4C(C)OCC(C4C(O)C2=O)C13. The van der Waals surface area contributed by atoms with E-state index < -0.39 is 11.5 Å². The summed E-state index contributed by atoms with van der Waals surface area (Å²) < 4.78 is 6.10. The monoisotopic (exact) mass is 382 g/mol. The maximum atomic E-state index is 13.8. The van der Waals surface area contributed by atoms with Gasteiger partial charge in [-0.25, -0.2) is 0 Å². The van der Waals surface area contributed by atoms with Gasteiger partial charge in [0.15, 0.2) is 5.78 Å². The Balaban J connectivity index is 1.81. The van der Waals surface area contributed by atoms with Gasteiger partial charge < -0.3 is 19.6 Å². The Bertz CT molecular complexity index is 896. The Kier molecular flexibility index (Phi) is 3.77. The Morgan fingerprint density at radius 1 is 1.32 bits per heavy atom. The molecule has 5 rings (SSSR count). The number of benzene rings is 1. The molecule has 2 bridgehead atoms. The van der Waals surface area contributed by atoms with Crippen LogP contribution < -0.4 is 4.90 Å². The number of aliphatic hydroxyl groups excluding tert-OH is 1. The van der Waals surface area contributed by atoms with Gasteiger partial charge in [0.05, 0.1) is 24.2 Å². The lowest BCUT2D eigenvalue weighted by Crippen LogP contribution is -2.67. The fourth-order valence-electron chi connectivity index (χ4n) is 6.16. The summed E-state index contributed by atoms with van der Waals surface area (Å²) in [5, 5.41) is 11.2. The van der Waals surface area contributed by atoms with Gasteiger partial charge >= 0.3 is 0 Å². The van der Waals surface area contributed by atoms with Gasteiger partial charge in [-0.1, -0.05) is 18.2 Å².